The Labute approximate surface area is 112 Å². The molecule has 2 rings (SSSR count). The van der Waals surface area contributed by atoms with Crippen molar-refractivity contribution in [3.63, 3.8) is 0 Å². The van der Waals surface area contributed by atoms with Crippen molar-refractivity contribution in [2.24, 2.45) is 0 Å². The van der Waals surface area contributed by atoms with E-state index in [9.17, 15) is 4.79 Å². The van der Waals surface area contributed by atoms with Crippen molar-refractivity contribution in [3.8, 4) is 5.75 Å². The van der Waals surface area contributed by atoms with Crippen LogP contribution in [0, 0.1) is 6.92 Å². The molecule has 0 saturated carbocycles. The molecule has 0 radical (unpaired) electrons. The number of aryl methyl sites for hydroxylation is 2. The molecule has 0 saturated heterocycles. The van der Waals surface area contributed by atoms with Gasteiger partial charge in [0.1, 0.15) is 5.75 Å². The van der Waals surface area contributed by atoms with Crippen LogP contribution < -0.4 is 10.1 Å². The molecule has 0 unspecified atom stereocenters. The Morgan fingerprint density at radius 3 is 2.95 bits per heavy atom. The summed E-state index contributed by atoms with van der Waals surface area (Å²) in [5.74, 6) is 0.787. The maximum absolute atomic E-state index is 11.8. The summed E-state index contributed by atoms with van der Waals surface area (Å²) in [6.45, 7) is 2.52. The second-order valence-corrected chi connectivity index (χ2v) is 4.25. The van der Waals surface area contributed by atoms with Crippen molar-refractivity contribution in [1.82, 2.24) is 9.78 Å². The summed E-state index contributed by atoms with van der Waals surface area (Å²) in [5.41, 5.74) is 1.77. The lowest BCUT2D eigenvalue weighted by atomic mass is 10.2. The smallest absolute Gasteiger partial charge is 0.226 e. The Morgan fingerprint density at radius 2 is 2.32 bits per heavy atom. The molecule has 2 aromatic rings. The number of carbonyl (C=O) groups excluding carboxylic acids is 1. The maximum atomic E-state index is 11.8. The zero-order chi connectivity index (χ0) is 13.7. The number of anilines is 1. The summed E-state index contributed by atoms with van der Waals surface area (Å²) in [4.78, 5) is 11.8. The van der Waals surface area contributed by atoms with E-state index in [1.807, 2.05) is 37.4 Å². The molecule has 0 fully saturated rings. The molecule has 5 heteroatoms. The highest BCUT2D eigenvalue weighted by molar-refractivity contribution is 5.90. The first-order valence-electron chi connectivity index (χ1n) is 6.11. The predicted octanol–water partition coefficient (Wildman–Crippen LogP) is 2.23. The van der Waals surface area contributed by atoms with Gasteiger partial charge in [-0.25, -0.2) is 0 Å². The fourth-order valence-corrected chi connectivity index (χ4v) is 1.83. The molecule has 1 heterocycles. The SMILES string of the molecule is COc1ccc(NC(=O)CCn2cccn2)cc1C. The van der Waals surface area contributed by atoms with Gasteiger partial charge in [-0.3, -0.25) is 9.48 Å². The third-order valence-corrected chi connectivity index (χ3v) is 2.81. The van der Waals surface area contributed by atoms with E-state index in [0.717, 1.165) is 17.0 Å². The summed E-state index contributed by atoms with van der Waals surface area (Å²) >= 11 is 0. The molecular formula is C14H17N3O2. The van der Waals surface area contributed by atoms with Crippen LogP contribution in [0.1, 0.15) is 12.0 Å². The number of hydrogen-bond donors (Lipinski definition) is 1. The van der Waals surface area contributed by atoms with Gasteiger partial charge in [0, 0.05) is 31.0 Å². The Morgan fingerprint density at radius 1 is 1.47 bits per heavy atom. The van der Waals surface area contributed by atoms with Crippen LogP contribution in [0.4, 0.5) is 5.69 Å². The number of rotatable bonds is 5. The van der Waals surface area contributed by atoms with Crippen LogP contribution >= 0.6 is 0 Å². The number of aromatic nitrogens is 2. The Bertz CT molecular complexity index is 550. The Kier molecular flexibility index (Phi) is 4.18. The molecule has 100 valence electrons. The van der Waals surface area contributed by atoms with Gasteiger partial charge in [-0.15, -0.1) is 0 Å². The lowest BCUT2D eigenvalue weighted by Gasteiger charge is -2.09. The van der Waals surface area contributed by atoms with Crippen LogP contribution in [0.25, 0.3) is 0 Å². The molecule has 1 aromatic carbocycles. The molecule has 1 N–H and O–H groups in total. The minimum absolute atomic E-state index is 0.0277. The van der Waals surface area contributed by atoms with Crippen LogP contribution in [0.5, 0.6) is 5.75 Å². The number of ether oxygens (including phenoxy) is 1. The summed E-state index contributed by atoms with van der Waals surface area (Å²) in [7, 11) is 1.63. The van der Waals surface area contributed by atoms with Gasteiger partial charge in [-0.2, -0.15) is 5.10 Å². The first-order chi connectivity index (χ1) is 9.19. The van der Waals surface area contributed by atoms with Crippen molar-refractivity contribution in [2.75, 3.05) is 12.4 Å². The van der Waals surface area contributed by atoms with E-state index >= 15 is 0 Å². The highest BCUT2D eigenvalue weighted by Gasteiger charge is 2.05. The van der Waals surface area contributed by atoms with E-state index in [0.29, 0.717) is 13.0 Å². The molecule has 19 heavy (non-hydrogen) atoms. The number of benzene rings is 1. The van der Waals surface area contributed by atoms with E-state index in [1.165, 1.54) is 0 Å². The molecule has 0 aliphatic carbocycles. The van der Waals surface area contributed by atoms with Gasteiger partial charge in [-0.1, -0.05) is 0 Å². The van der Waals surface area contributed by atoms with Crippen LogP contribution in [-0.2, 0) is 11.3 Å². The molecule has 1 amide bonds. The number of nitrogens with zero attached hydrogens (tertiary/aromatic N) is 2. The first-order valence-corrected chi connectivity index (χ1v) is 6.11. The third-order valence-electron chi connectivity index (χ3n) is 2.81. The predicted molar refractivity (Wildman–Crippen MR) is 73.2 cm³/mol. The highest BCUT2D eigenvalue weighted by Crippen LogP contribution is 2.21. The van der Waals surface area contributed by atoms with Gasteiger partial charge in [0.25, 0.3) is 0 Å². The largest absolute Gasteiger partial charge is 0.496 e. The van der Waals surface area contributed by atoms with E-state index in [2.05, 4.69) is 10.4 Å². The average molecular weight is 259 g/mol. The molecular weight excluding hydrogens is 242 g/mol. The van der Waals surface area contributed by atoms with Crippen molar-refractivity contribution >= 4 is 11.6 Å². The van der Waals surface area contributed by atoms with Crippen molar-refractivity contribution in [1.29, 1.82) is 0 Å². The lowest BCUT2D eigenvalue weighted by molar-refractivity contribution is -0.116. The van der Waals surface area contributed by atoms with Gasteiger partial charge in [-0.05, 0) is 36.8 Å². The van der Waals surface area contributed by atoms with Gasteiger partial charge in [0.15, 0.2) is 0 Å². The molecule has 0 bridgehead atoms. The molecule has 0 atom stereocenters. The quantitative estimate of drug-likeness (QED) is 0.895. The molecule has 5 nitrogen and oxygen atoms in total. The molecule has 0 spiro atoms. The van der Waals surface area contributed by atoms with E-state index < -0.39 is 0 Å². The van der Waals surface area contributed by atoms with Crippen molar-refractivity contribution in [2.45, 2.75) is 19.9 Å². The third kappa shape index (κ3) is 3.58. The molecule has 0 aliphatic rings. The fourth-order valence-electron chi connectivity index (χ4n) is 1.83. The summed E-state index contributed by atoms with van der Waals surface area (Å²) in [5, 5.41) is 6.91. The second kappa shape index (κ2) is 6.04. The van der Waals surface area contributed by atoms with Gasteiger partial charge in [0.05, 0.1) is 7.11 Å². The standard InChI is InChI=1S/C14H17N3O2/c1-11-10-12(4-5-13(11)19-2)16-14(18)6-9-17-8-3-7-15-17/h3-5,7-8,10H,6,9H2,1-2H3,(H,16,18). The number of hydrogen-bond acceptors (Lipinski definition) is 3. The first kappa shape index (κ1) is 13.1. The highest BCUT2D eigenvalue weighted by atomic mass is 16.5. The lowest BCUT2D eigenvalue weighted by Crippen LogP contribution is -2.14. The minimum Gasteiger partial charge on any atom is -0.496 e. The summed E-state index contributed by atoms with van der Waals surface area (Å²) < 4.78 is 6.91. The Hall–Kier alpha value is -2.30. The van der Waals surface area contributed by atoms with Gasteiger partial charge >= 0.3 is 0 Å². The minimum atomic E-state index is -0.0277. The topological polar surface area (TPSA) is 56.1 Å². The van der Waals surface area contributed by atoms with Crippen LogP contribution in [0.15, 0.2) is 36.7 Å². The normalized spacial score (nSPS) is 10.2. The van der Waals surface area contributed by atoms with Crippen molar-refractivity contribution in [3.05, 3.63) is 42.2 Å². The zero-order valence-corrected chi connectivity index (χ0v) is 11.1. The number of carbonyl (C=O) groups is 1. The second-order valence-electron chi connectivity index (χ2n) is 4.25. The van der Waals surface area contributed by atoms with Gasteiger partial charge in [0.2, 0.25) is 5.91 Å². The fraction of sp³-hybridized carbons (Fsp3) is 0.286. The van der Waals surface area contributed by atoms with Crippen LogP contribution in [-0.4, -0.2) is 22.8 Å². The molecule has 1 aromatic heterocycles. The number of amides is 1. The zero-order valence-electron chi connectivity index (χ0n) is 11.1. The summed E-state index contributed by atoms with van der Waals surface area (Å²) in [6, 6.07) is 7.41. The number of nitrogens with one attached hydrogen (secondary N) is 1. The molecule has 0 aliphatic heterocycles. The monoisotopic (exact) mass is 259 g/mol. The Balaban J connectivity index is 1.90. The van der Waals surface area contributed by atoms with E-state index in [4.69, 9.17) is 4.74 Å². The van der Waals surface area contributed by atoms with Crippen LogP contribution in [0.2, 0.25) is 0 Å². The van der Waals surface area contributed by atoms with E-state index in [1.54, 1.807) is 18.0 Å². The van der Waals surface area contributed by atoms with Crippen LogP contribution in [0.3, 0.4) is 0 Å². The average Bonchev–Trinajstić information content (AvgIpc) is 2.90. The summed E-state index contributed by atoms with van der Waals surface area (Å²) in [6.07, 6.45) is 3.93. The van der Waals surface area contributed by atoms with Gasteiger partial charge < -0.3 is 10.1 Å². The number of methoxy groups -OCH3 is 1. The van der Waals surface area contributed by atoms with E-state index in [-0.39, 0.29) is 5.91 Å². The van der Waals surface area contributed by atoms with Crippen molar-refractivity contribution < 1.29 is 9.53 Å². The maximum Gasteiger partial charge on any atom is 0.226 e.